The van der Waals surface area contributed by atoms with E-state index in [-0.39, 0.29) is 18.2 Å². The van der Waals surface area contributed by atoms with E-state index in [1.165, 1.54) is 11.3 Å². The first-order chi connectivity index (χ1) is 13.0. The molecule has 1 unspecified atom stereocenters. The van der Waals surface area contributed by atoms with Crippen molar-refractivity contribution in [3.8, 4) is 10.7 Å². The van der Waals surface area contributed by atoms with E-state index in [9.17, 15) is 9.59 Å². The number of carbonyl (C=O) groups is 2. The zero-order valence-corrected chi connectivity index (χ0v) is 15.7. The van der Waals surface area contributed by atoms with Crippen LogP contribution < -0.4 is 10.6 Å². The molecule has 3 aromatic heterocycles. The first kappa shape index (κ1) is 18.7. The maximum atomic E-state index is 12.1. The molecule has 1 atom stereocenters. The van der Waals surface area contributed by atoms with Crippen molar-refractivity contribution in [2.75, 3.05) is 5.32 Å². The second-order valence-corrected chi connectivity index (χ2v) is 6.82. The Balaban J connectivity index is 1.46. The second kappa shape index (κ2) is 8.54. The van der Waals surface area contributed by atoms with E-state index in [4.69, 9.17) is 4.52 Å². The summed E-state index contributed by atoms with van der Waals surface area (Å²) in [5.41, 5.74) is 1.64. The molecule has 0 bridgehead atoms. The summed E-state index contributed by atoms with van der Waals surface area (Å²) in [5, 5.41) is 11.7. The van der Waals surface area contributed by atoms with Crippen LogP contribution in [0, 0.1) is 6.92 Å². The molecule has 0 saturated heterocycles. The largest absolute Gasteiger partial charge is 0.360 e. The topological polar surface area (TPSA) is 110 Å². The Bertz CT molecular complexity index is 922. The average molecular weight is 385 g/mol. The Kier molecular flexibility index (Phi) is 5.92. The highest BCUT2D eigenvalue weighted by Gasteiger charge is 2.17. The van der Waals surface area contributed by atoms with Gasteiger partial charge in [0.15, 0.2) is 5.82 Å². The Morgan fingerprint density at radius 2 is 2.19 bits per heavy atom. The Labute approximate surface area is 160 Å². The number of hydrogen-bond donors (Lipinski definition) is 2. The van der Waals surface area contributed by atoms with Crippen molar-refractivity contribution in [1.29, 1.82) is 0 Å². The van der Waals surface area contributed by atoms with Crippen molar-refractivity contribution in [2.45, 2.75) is 32.7 Å². The molecule has 8 nitrogen and oxygen atoms in total. The van der Waals surface area contributed by atoms with Crippen molar-refractivity contribution >= 4 is 29.0 Å². The third-order valence-electron chi connectivity index (χ3n) is 3.69. The van der Waals surface area contributed by atoms with Crippen LogP contribution >= 0.6 is 11.3 Å². The molecular formula is C18H19N5O3S. The number of carbonyl (C=O) groups excluding carboxylic acids is 2. The molecule has 140 valence electrons. The third kappa shape index (κ3) is 5.20. The number of rotatable bonds is 7. The quantitative estimate of drug-likeness (QED) is 0.647. The molecule has 0 aliphatic carbocycles. The molecule has 27 heavy (non-hydrogen) atoms. The highest BCUT2D eigenvalue weighted by atomic mass is 32.1. The normalized spacial score (nSPS) is 11.8. The van der Waals surface area contributed by atoms with Gasteiger partial charge in [-0.25, -0.2) is 4.98 Å². The lowest BCUT2D eigenvalue weighted by molar-refractivity contribution is -0.126. The summed E-state index contributed by atoms with van der Waals surface area (Å²) < 4.78 is 4.89. The zero-order chi connectivity index (χ0) is 19.2. The molecule has 9 heteroatoms. The molecule has 2 N–H and O–H groups in total. The van der Waals surface area contributed by atoms with Gasteiger partial charge in [0, 0.05) is 24.1 Å². The number of nitrogens with zero attached hydrogens (tertiary/aromatic N) is 3. The first-order valence-corrected chi connectivity index (χ1v) is 9.28. The Hall–Kier alpha value is -3.07. The fraction of sp³-hybridized carbons (Fsp3) is 0.278. The second-order valence-electron chi connectivity index (χ2n) is 5.96. The van der Waals surface area contributed by atoms with Crippen LogP contribution in [0.25, 0.3) is 10.7 Å². The highest BCUT2D eigenvalue weighted by molar-refractivity contribution is 7.13. The van der Waals surface area contributed by atoms with E-state index in [1.54, 1.807) is 26.1 Å². The Morgan fingerprint density at radius 1 is 1.33 bits per heavy atom. The van der Waals surface area contributed by atoms with Crippen LogP contribution in [-0.2, 0) is 16.0 Å². The number of nitrogens with one attached hydrogen (secondary N) is 2. The Morgan fingerprint density at radius 3 is 2.89 bits per heavy atom. The molecule has 0 fully saturated rings. The molecule has 0 aliphatic rings. The lowest BCUT2D eigenvalue weighted by Gasteiger charge is -2.12. The molecule has 3 heterocycles. The van der Waals surface area contributed by atoms with Crippen LogP contribution in [0.4, 0.5) is 5.82 Å². The molecule has 3 aromatic rings. The predicted octanol–water partition coefficient (Wildman–Crippen LogP) is 2.58. The van der Waals surface area contributed by atoms with Crippen molar-refractivity contribution in [3.63, 3.8) is 0 Å². The summed E-state index contributed by atoms with van der Waals surface area (Å²) in [4.78, 5) is 32.9. The van der Waals surface area contributed by atoms with Gasteiger partial charge in [0.2, 0.25) is 11.8 Å². The van der Waals surface area contributed by atoms with E-state index < -0.39 is 6.04 Å². The van der Waals surface area contributed by atoms with Gasteiger partial charge in [-0.05, 0) is 32.4 Å². The smallest absolute Gasteiger partial charge is 0.247 e. The minimum Gasteiger partial charge on any atom is -0.360 e. The van der Waals surface area contributed by atoms with Gasteiger partial charge in [0.1, 0.15) is 16.8 Å². The summed E-state index contributed by atoms with van der Waals surface area (Å²) in [7, 11) is 0. The summed E-state index contributed by atoms with van der Waals surface area (Å²) in [5.74, 6) is 0.336. The fourth-order valence-corrected chi connectivity index (χ4v) is 3.14. The maximum Gasteiger partial charge on any atom is 0.247 e. The van der Waals surface area contributed by atoms with Gasteiger partial charge in [0.25, 0.3) is 0 Å². The van der Waals surface area contributed by atoms with Gasteiger partial charge in [-0.3, -0.25) is 14.6 Å². The van der Waals surface area contributed by atoms with Crippen LogP contribution in [0.15, 0.2) is 40.4 Å². The van der Waals surface area contributed by atoms with E-state index in [2.05, 4.69) is 25.8 Å². The maximum absolute atomic E-state index is 12.1. The first-order valence-electron chi connectivity index (χ1n) is 8.40. The van der Waals surface area contributed by atoms with Crippen molar-refractivity contribution < 1.29 is 14.1 Å². The standard InChI is InChI=1S/C18H19N5O3S/c1-11-9-15(23-26-11)22-17(25)12(2)20-16(24)7-6-13-10-27-18(21-13)14-5-3-4-8-19-14/h3-5,8-10,12H,6-7H2,1-2H3,(H,20,24)(H,22,23,25). The number of hydrogen-bond acceptors (Lipinski definition) is 7. The van der Waals surface area contributed by atoms with Crippen LogP contribution in [0.2, 0.25) is 0 Å². The average Bonchev–Trinajstić information content (AvgIpc) is 3.29. The van der Waals surface area contributed by atoms with Gasteiger partial charge in [-0.1, -0.05) is 11.2 Å². The predicted molar refractivity (Wildman–Crippen MR) is 101 cm³/mol. The lowest BCUT2D eigenvalue weighted by atomic mass is 10.2. The third-order valence-corrected chi connectivity index (χ3v) is 4.61. The van der Waals surface area contributed by atoms with Crippen molar-refractivity contribution in [1.82, 2.24) is 20.4 Å². The van der Waals surface area contributed by atoms with Crippen molar-refractivity contribution in [3.05, 3.63) is 47.3 Å². The minimum absolute atomic E-state index is 0.221. The molecule has 2 amide bonds. The molecule has 3 rings (SSSR count). The molecule has 0 aromatic carbocycles. The number of anilines is 1. The van der Waals surface area contributed by atoms with Crippen LogP contribution in [0.1, 0.15) is 24.8 Å². The van der Waals surface area contributed by atoms with Crippen LogP contribution in [-0.4, -0.2) is 33.0 Å². The number of aryl methyl sites for hydroxylation is 2. The van der Waals surface area contributed by atoms with Gasteiger partial charge < -0.3 is 15.2 Å². The summed E-state index contributed by atoms with van der Waals surface area (Å²) in [6.45, 7) is 3.34. The van der Waals surface area contributed by atoms with E-state index in [0.29, 0.717) is 18.0 Å². The summed E-state index contributed by atoms with van der Waals surface area (Å²) >= 11 is 1.49. The highest BCUT2D eigenvalue weighted by Crippen LogP contribution is 2.21. The van der Waals surface area contributed by atoms with Gasteiger partial charge in [0.05, 0.1) is 11.4 Å². The van der Waals surface area contributed by atoms with Gasteiger partial charge in [-0.2, -0.15) is 0 Å². The zero-order valence-electron chi connectivity index (χ0n) is 14.9. The van der Waals surface area contributed by atoms with E-state index >= 15 is 0 Å². The lowest BCUT2D eigenvalue weighted by Crippen LogP contribution is -2.41. The molecule has 0 aliphatic heterocycles. The molecule has 0 spiro atoms. The number of thiazole rings is 1. The van der Waals surface area contributed by atoms with E-state index in [1.807, 2.05) is 23.6 Å². The minimum atomic E-state index is -0.686. The van der Waals surface area contributed by atoms with Crippen LogP contribution in [0.3, 0.4) is 0 Å². The summed E-state index contributed by atoms with van der Waals surface area (Å²) in [6.07, 6.45) is 2.45. The van der Waals surface area contributed by atoms with Gasteiger partial charge >= 0.3 is 0 Å². The van der Waals surface area contributed by atoms with E-state index in [0.717, 1.165) is 16.4 Å². The van der Waals surface area contributed by atoms with Crippen LogP contribution in [0.5, 0.6) is 0 Å². The van der Waals surface area contributed by atoms with Gasteiger partial charge in [-0.15, -0.1) is 11.3 Å². The summed E-state index contributed by atoms with van der Waals surface area (Å²) in [6, 6.07) is 6.57. The number of amides is 2. The number of pyridine rings is 1. The molecule has 0 saturated carbocycles. The molecule has 0 radical (unpaired) electrons. The monoisotopic (exact) mass is 385 g/mol. The number of aromatic nitrogens is 3. The van der Waals surface area contributed by atoms with Crippen molar-refractivity contribution in [2.24, 2.45) is 0 Å². The molecular weight excluding hydrogens is 366 g/mol. The fourth-order valence-electron chi connectivity index (χ4n) is 2.31. The SMILES string of the molecule is Cc1cc(NC(=O)C(C)NC(=O)CCc2csc(-c3ccccn3)n2)no1.